The Bertz CT molecular complexity index is 393. The van der Waals surface area contributed by atoms with Crippen molar-refractivity contribution in [3.63, 3.8) is 0 Å². The SMILES string of the molecule is Cc1ccccc1CN(C)C(=O)CN(C)CCO. The molecule has 0 spiro atoms. The fourth-order valence-electron chi connectivity index (χ4n) is 1.73. The summed E-state index contributed by atoms with van der Waals surface area (Å²) in [5.41, 5.74) is 2.36. The van der Waals surface area contributed by atoms with Crippen LogP contribution < -0.4 is 0 Å². The van der Waals surface area contributed by atoms with E-state index in [4.69, 9.17) is 5.11 Å². The number of nitrogens with zero attached hydrogens (tertiary/aromatic N) is 2. The Morgan fingerprint density at radius 1 is 1.28 bits per heavy atom. The van der Waals surface area contributed by atoms with E-state index in [0.29, 0.717) is 19.6 Å². The fourth-order valence-corrected chi connectivity index (χ4v) is 1.73. The van der Waals surface area contributed by atoms with Crippen molar-refractivity contribution < 1.29 is 9.90 Å². The Hall–Kier alpha value is -1.39. The molecule has 0 bridgehead atoms. The third-order valence-corrected chi connectivity index (χ3v) is 2.98. The summed E-state index contributed by atoms with van der Waals surface area (Å²) >= 11 is 0. The Balaban J connectivity index is 2.52. The molecule has 1 rings (SSSR count). The predicted octanol–water partition coefficient (Wildman–Crippen LogP) is 0.878. The van der Waals surface area contributed by atoms with Crippen molar-refractivity contribution in [3.05, 3.63) is 35.4 Å². The average Bonchev–Trinajstić information content (AvgIpc) is 2.32. The Labute approximate surface area is 109 Å². The van der Waals surface area contributed by atoms with E-state index in [0.717, 1.165) is 5.56 Å². The molecule has 4 heteroatoms. The van der Waals surface area contributed by atoms with Gasteiger partial charge in [-0.15, -0.1) is 0 Å². The van der Waals surface area contributed by atoms with Crippen LogP contribution in [-0.4, -0.2) is 54.6 Å². The van der Waals surface area contributed by atoms with Gasteiger partial charge in [-0.1, -0.05) is 24.3 Å². The zero-order valence-corrected chi connectivity index (χ0v) is 11.4. The highest BCUT2D eigenvalue weighted by Gasteiger charge is 2.12. The maximum absolute atomic E-state index is 11.9. The van der Waals surface area contributed by atoms with Crippen LogP contribution in [-0.2, 0) is 11.3 Å². The number of benzene rings is 1. The van der Waals surface area contributed by atoms with Gasteiger partial charge < -0.3 is 10.0 Å². The smallest absolute Gasteiger partial charge is 0.236 e. The number of aliphatic hydroxyl groups excluding tert-OH is 1. The summed E-state index contributed by atoms with van der Waals surface area (Å²) in [6, 6.07) is 8.07. The van der Waals surface area contributed by atoms with E-state index in [-0.39, 0.29) is 12.5 Å². The van der Waals surface area contributed by atoms with Crippen molar-refractivity contribution in [3.8, 4) is 0 Å². The van der Waals surface area contributed by atoms with E-state index < -0.39 is 0 Å². The molecule has 0 atom stereocenters. The molecule has 0 aliphatic rings. The Morgan fingerprint density at radius 3 is 2.56 bits per heavy atom. The van der Waals surface area contributed by atoms with E-state index >= 15 is 0 Å². The van der Waals surface area contributed by atoms with E-state index in [1.165, 1.54) is 5.56 Å². The Morgan fingerprint density at radius 2 is 1.94 bits per heavy atom. The number of rotatable bonds is 6. The van der Waals surface area contributed by atoms with Crippen LogP contribution in [0.1, 0.15) is 11.1 Å². The normalized spacial score (nSPS) is 10.7. The van der Waals surface area contributed by atoms with Crippen molar-refractivity contribution in [1.29, 1.82) is 0 Å². The van der Waals surface area contributed by atoms with Gasteiger partial charge in [-0.25, -0.2) is 0 Å². The lowest BCUT2D eigenvalue weighted by molar-refractivity contribution is -0.131. The number of hydrogen-bond donors (Lipinski definition) is 1. The summed E-state index contributed by atoms with van der Waals surface area (Å²) in [6.45, 7) is 3.60. The van der Waals surface area contributed by atoms with Crippen molar-refractivity contribution in [2.45, 2.75) is 13.5 Å². The molecule has 0 saturated heterocycles. The van der Waals surface area contributed by atoms with Crippen LogP contribution in [0, 0.1) is 6.92 Å². The second-order valence-electron chi connectivity index (χ2n) is 4.64. The lowest BCUT2D eigenvalue weighted by atomic mass is 10.1. The lowest BCUT2D eigenvalue weighted by Gasteiger charge is -2.22. The molecule has 1 amide bonds. The van der Waals surface area contributed by atoms with Gasteiger partial charge in [0.2, 0.25) is 5.91 Å². The van der Waals surface area contributed by atoms with E-state index in [9.17, 15) is 4.79 Å². The van der Waals surface area contributed by atoms with E-state index in [2.05, 4.69) is 0 Å². The van der Waals surface area contributed by atoms with Crippen LogP contribution in [0.3, 0.4) is 0 Å². The molecule has 1 aromatic rings. The van der Waals surface area contributed by atoms with Crippen molar-refractivity contribution in [2.24, 2.45) is 0 Å². The second kappa shape index (κ2) is 7.13. The third-order valence-electron chi connectivity index (χ3n) is 2.98. The van der Waals surface area contributed by atoms with Gasteiger partial charge in [0.1, 0.15) is 0 Å². The summed E-state index contributed by atoms with van der Waals surface area (Å²) in [7, 11) is 3.64. The summed E-state index contributed by atoms with van der Waals surface area (Å²) in [5.74, 6) is 0.0641. The van der Waals surface area contributed by atoms with Gasteiger partial charge in [0.25, 0.3) is 0 Å². The van der Waals surface area contributed by atoms with E-state index in [1.807, 2.05) is 50.2 Å². The maximum Gasteiger partial charge on any atom is 0.236 e. The molecule has 0 heterocycles. The minimum atomic E-state index is 0.0641. The van der Waals surface area contributed by atoms with Crippen molar-refractivity contribution >= 4 is 5.91 Å². The molecule has 0 aliphatic heterocycles. The van der Waals surface area contributed by atoms with Gasteiger partial charge in [0.15, 0.2) is 0 Å². The van der Waals surface area contributed by atoms with Crippen LogP contribution in [0.15, 0.2) is 24.3 Å². The molecule has 0 aliphatic carbocycles. The molecular weight excluding hydrogens is 228 g/mol. The minimum Gasteiger partial charge on any atom is -0.395 e. The lowest BCUT2D eigenvalue weighted by Crippen LogP contribution is -2.37. The number of likely N-dealkylation sites (N-methyl/N-ethyl adjacent to an activating group) is 2. The number of carbonyl (C=O) groups is 1. The topological polar surface area (TPSA) is 43.8 Å². The van der Waals surface area contributed by atoms with Gasteiger partial charge in [-0.3, -0.25) is 9.69 Å². The first-order valence-electron chi connectivity index (χ1n) is 6.12. The molecule has 0 saturated carbocycles. The molecule has 0 aromatic heterocycles. The largest absolute Gasteiger partial charge is 0.395 e. The highest BCUT2D eigenvalue weighted by atomic mass is 16.3. The van der Waals surface area contributed by atoms with Crippen LogP contribution in [0.2, 0.25) is 0 Å². The van der Waals surface area contributed by atoms with Crippen LogP contribution in [0.4, 0.5) is 0 Å². The van der Waals surface area contributed by atoms with E-state index in [1.54, 1.807) is 4.90 Å². The predicted molar refractivity (Wildman–Crippen MR) is 72.2 cm³/mol. The minimum absolute atomic E-state index is 0.0641. The quantitative estimate of drug-likeness (QED) is 0.815. The van der Waals surface area contributed by atoms with Crippen molar-refractivity contribution in [2.75, 3.05) is 33.8 Å². The highest BCUT2D eigenvalue weighted by Crippen LogP contribution is 2.09. The molecular formula is C14H22N2O2. The van der Waals surface area contributed by atoms with Crippen molar-refractivity contribution in [1.82, 2.24) is 9.80 Å². The van der Waals surface area contributed by atoms with Crippen LogP contribution in [0.25, 0.3) is 0 Å². The van der Waals surface area contributed by atoms with Gasteiger partial charge in [-0.2, -0.15) is 0 Å². The average molecular weight is 250 g/mol. The first-order chi connectivity index (χ1) is 8.54. The monoisotopic (exact) mass is 250 g/mol. The fraction of sp³-hybridized carbons (Fsp3) is 0.500. The summed E-state index contributed by atoms with van der Waals surface area (Å²) in [5, 5.41) is 8.79. The van der Waals surface area contributed by atoms with Crippen LogP contribution >= 0.6 is 0 Å². The first-order valence-corrected chi connectivity index (χ1v) is 6.12. The molecule has 0 fully saturated rings. The summed E-state index contributed by atoms with van der Waals surface area (Å²) in [6.07, 6.45) is 0. The number of aliphatic hydroxyl groups is 1. The van der Waals surface area contributed by atoms with Gasteiger partial charge in [0, 0.05) is 20.1 Å². The zero-order valence-electron chi connectivity index (χ0n) is 11.4. The third kappa shape index (κ3) is 4.47. The summed E-state index contributed by atoms with van der Waals surface area (Å²) < 4.78 is 0. The number of hydrogen-bond acceptors (Lipinski definition) is 3. The molecule has 18 heavy (non-hydrogen) atoms. The first kappa shape index (κ1) is 14.7. The molecule has 100 valence electrons. The molecule has 1 aromatic carbocycles. The number of amides is 1. The molecule has 0 unspecified atom stereocenters. The zero-order chi connectivity index (χ0) is 13.5. The van der Waals surface area contributed by atoms with Gasteiger partial charge >= 0.3 is 0 Å². The summed E-state index contributed by atoms with van der Waals surface area (Å²) in [4.78, 5) is 15.5. The second-order valence-corrected chi connectivity index (χ2v) is 4.64. The molecule has 4 nitrogen and oxygen atoms in total. The van der Waals surface area contributed by atoms with Gasteiger partial charge in [0.05, 0.1) is 13.2 Å². The number of aryl methyl sites for hydroxylation is 1. The number of carbonyl (C=O) groups excluding carboxylic acids is 1. The molecule has 0 radical (unpaired) electrons. The highest BCUT2D eigenvalue weighted by molar-refractivity contribution is 5.78. The standard InChI is InChI=1S/C14H22N2O2/c1-12-6-4-5-7-13(12)10-16(3)14(18)11-15(2)8-9-17/h4-7,17H,8-11H2,1-3H3. The van der Waals surface area contributed by atoms with Crippen LogP contribution in [0.5, 0.6) is 0 Å². The molecule has 1 N–H and O–H groups in total. The van der Waals surface area contributed by atoms with Gasteiger partial charge in [-0.05, 0) is 25.1 Å². The Kier molecular flexibility index (Phi) is 5.82. The maximum atomic E-state index is 11.9.